The zero-order valence-corrected chi connectivity index (χ0v) is 17.0. The van der Waals surface area contributed by atoms with E-state index < -0.39 is 0 Å². The summed E-state index contributed by atoms with van der Waals surface area (Å²) >= 11 is 0. The number of hydrogen-bond donors (Lipinski definition) is 0. The van der Waals surface area contributed by atoms with Gasteiger partial charge in [-0.1, -0.05) is 60.7 Å². The third-order valence-corrected chi connectivity index (χ3v) is 6.00. The van der Waals surface area contributed by atoms with Gasteiger partial charge in [-0.25, -0.2) is 0 Å². The number of nitrogens with zero attached hydrogens (tertiary/aromatic N) is 3. The van der Waals surface area contributed by atoms with Crippen LogP contribution in [-0.2, 0) is 22.7 Å². The lowest BCUT2D eigenvalue weighted by molar-refractivity contribution is -0.138. The van der Waals surface area contributed by atoms with Crippen LogP contribution in [0, 0.1) is 11.8 Å². The van der Waals surface area contributed by atoms with Crippen molar-refractivity contribution >= 4 is 11.8 Å². The minimum absolute atomic E-state index is 0.0925. The van der Waals surface area contributed by atoms with Crippen LogP contribution in [0.5, 0.6) is 0 Å². The van der Waals surface area contributed by atoms with Gasteiger partial charge in [0, 0.05) is 46.3 Å². The van der Waals surface area contributed by atoms with E-state index in [2.05, 4.69) is 29.2 Å². The molecule has 1 aliphatic carbocycles. The molecular formula is C24H29N3O2. The summed E-state index contributed by atoms with van der Waals surface area (Å²) in [7, 11) is 1.83. The topological polar surface area (TPSA) is 43.9 Å². The van der Waals surface area contributed by atoms with Gasteiger partial charge in [0.2, 0.25) is 11.8 Å². The van der Waals surface area contributed by atoms with Gasteiger partial charge in [-0.15, -0.1) is 0 Å². The van der Waals surface area contributed by atoms with Gasteiger partial charge in [-0.3, -0.25) is 14.5 Å². The van der Waals surface area contributed by atoms with Crippen molar-refractivity contribution in [3.8, 4) is 0 Å². The summed E-state index contributed by atoms with van der Waals surface area (Å²) in [6, 6.07) is 20.4. The number of carbonyl (C=O) groups excluding carboxylic acids is 2. The van der Waals surface area contributed by atoms with Gasteiger partial charge in [-0.2, -0.15) is 0 Å². The molecule has 4 rings (SSSR count). The first-order valence-corrected chi connectivity index (χ1v) is 10.5. The third kappa shape index (κ3) is 4.85. The van der Waals surface area contributed by atoms with Crippen molar-refractivity contribution in [3.63, 3.8) is 0 Å². The number of amides is 2. The highest BCUT2D eigenvalue weighted by Gasteiger charge is 2.50. The maximum Gasteiger partial charge on any atom is 0.226 e. The van der Waals surface area contributed by atoms with Gasteiger partial charge in [0.25, 0.3) is 0 Å². The van der Waals surface area contributed by atoms with Crippen molar-refractivity contribution in [2.24, 2.45) is 11.8 Å². The summed E-state index contributed by atoms with van der Waals surface area (Å²) in [5, 5.41) is 0. The smallest absolute Gasteiger partial charge is 0.226 e. The Kier molecular flexibility index (Phi) is 5.95. The minimum atomic E-state index is -0.140. The zero-order valence-electron chi connectivity index (χ0n) is 17.0. The standard InChI is InChI=1S/C24H29N3O2/c1-25(17-19-8-4-2-5-9-19)23(28)21-16-22(21)24(29)27-14-12-26(13-15-27)18-20-10-6-3-7-11-20/h2-11,21-22H,12-18H2,1H3. The van der Waals surface area contributed by atoms with E-state index in [0.29, 0.717) is 13.0 Å². The van der Waals surface area contributed by atoms with Crippen molar-refractivity contribution in [2.75, 3.05) is 33.2 Å². The van der Waals surface area contributed by atoms with Gasteiger partial charge in [0.15, 0.2) is 0 Å². The number of rotatable bonds is 6. The largest absolute Gasteiger partial charge is 0.341 e. The molecule has 2 fully saturated rings. The van der Waals surface area contributed by atoms with Crippen LogP contribution in [0.1, 0.15) is 17.5 Å². The summed E-state index contributed by atoms with van der Waals surface area (Å²) in [5.74, 6) is -0.00861. The Morgan fingerprint density at radius 1 is 0.862 bits per heavy atom. The molecule has 2 atom stereocenters. The van der Waals surface area contributed by atoms with E-state index in [1.807, 2.05) is 48.3 Å². The van der Waals surface area contributed by atoms with Crippen molar-refractivity contribution < 1.29 is 9.59 Å². The number of piperazine rings is 1. The average Bonchev–Trinajstić information content (AvgIpc) is 3.55. The highest BCUT2D eigenvalue weighted by molar-refractivity contribution is 5.92. The molecule has 152 valence electrons. The molecule has 5 heteroatoms. The molecule has 2 aromatic rings. The summed E-state index contributed by atoms with van der Waals surface area (Å²) in [6.45, 7) is 4.80. The second kappa shape index (κ2) is 8.78. The molecule has 0 aromatic heterocycles. The van der Waals surface area contributed by atoms with E-state index in [-0.39, 0.29) is 23.7 Å². The van der Waals surface area contributed by atoms with Crippen molar-refractivity contribution in [3.05, 3.63) is 71.8 Å². The molecule has 0 spiro atoms. The lowest BCUT2D eigenvalue weighted by Gasteiger charge is -2.35. The number of benzene rings is 2. The van der Waals surface area contributed by atoms with Crippen LogP contribution in [0.2, 0.25) is 0 Å². The van der Waals surface area contributed by atoms with E-state index in [1.54, 1.807) is 4.90 Å². The van der Waals surface area contributed by atoms with E-state index in [9.17, 15) is 9.59 Å². The molecule has 2 amide bonds. The molecule has 1 heterocycles. The molecule has 2 aliphatic rings. The Morgan fingerprint density at radius 2 is 1.45 bits per heavy atom. The zero-order chi connectivity index (χ0) is 20.2. The van der Waals surface area contributed by atoms with Gasteiger partial charge >= 0.3 is 0 Å². The predicted molar refractivity (Wildman–Crippen MR) is 113 cm³/mol. The number of carbonyl (C=O) groups is 2. The maximum absolute atomic E-state index is 12.9. The normalized spacial score (nSPS) is 21.6. The average molecular weight is 392 g/mol. The second-order valence-electron chi connectivity index (χ2n) is 8.22. The van der Waals surface area contributed by atoms with Gasteiger partial charge in [-0.05, 0) is 17.5 Å². The molecule has 29 heavy (non-hydrogen) atoms. The molecule has 2 unspecified atom stereocenters. The molecule has 5 nitrogen and oxygen atoms in total. The first kappa shape index (κ1) is 19.6. The lowest BCUT2D eigenvalue weighted by Crippen LogP contribution is -2.49. The fourth-order valence-corrected chi connectivity index (χ4v) is 4.16. The Morgan fingerprint density at radius 3 is 2.07 bits per heavy atom. The Balaban J connectivity index is 1.23. The quantitative estimate of drug-likeness (QED) is 0.760. The first-order valence-electron chi connectivity index (χ1n) is 10.5. The summed E-state index contributed by atoms with van der Waals surface area (Å²) in [6.07, 6.45) is 0.695. The highest BCUT2D eigenvalue weighted by Crippen LogP contribution is 2.41. The molecule has 0 radical (unpaired) electrons. The van der Waals surface area contributed by atoms with Gasteiger partial charge in [0.1, 0.15) is 0 Å². The van der Waals surface area contributed by atoms with E-state index in [0.717, 1.165) is 38.3 Å². The van der Waals surface area contributed by atoms with Crippen LogP contribution in [-0.4, -0.2) is 59.7 Å². The minimum Gasteiger partial charge on any atom is -0.341 e. The second-order valence-corrected chi connectivity index (χ2v) is 8.22. The number of hydrogen-bond acceptors (Lipinski definition) is 3. The fourth-order valence-electron chi connectivity index (χ4n) is 4.16. The molecule has 1 aliphatic heterocycles. The molecule has 0 bridgehead atoms. The van der Waals surface area contributed by atoms with Gasteiger partial charge < -0.3 is 9.80 Å². The summed E-state index contributed by atoms with van der Waals surface area (Å²) < 4.78 is 0. The van der Waals surface area contributed by atoms with E-state index in [1.165, 1.54) is 5.56 Å². The van der Waals surface area contributed by atoms with Crippen molar-refractivity contribution in [1.82, 2.24) is 14.7 Å². The lowest BCUT2D eigenvalue weighted by atomic mass is 10.2. The Hall–Kier alpha value is -2.66. The molecule has 2 aromatic carbocycles. The molecule has 0 N–H and O–H groups in total. The van der Waals surface area contributed by atoms with Crippen LogP contribution in [0.15, 0.2) is 60.7 Å². The monoisotopic (exact) mass is 391 g/mol. The van der Waals surface area contributed by atoms with Crippen molar-refractivity contribution in [1.29, 1.82) is 0 Å². The van der Waals surface area contributed by atoms with Crippen LogP contribution >= 0.6 is 0 Å². The Bertz CT molecular complexity index is 832. The Labute approximate surface area is 172 Å². The van der Waals surface area contributed by atoms with E-state index in [4.69, 9.17) is 0 Å². The highest BCUT2D eigenvalue weighted by atomic mass is 16.2. The van der Waals surface area contributed by atoms with Crippen LogP contribution in [0.25, 0.3) is 0 Å². The summed E-state index contributed by atoms with van der Waals surface area (Å²) in [5.41, 5.74) is 2.42. The van der Waals surface area contributed by atoms with Crippen LogP contribution in [0.3, 0.4) is 0 Å². The summed E-state index contributed by atoms with van der Waals surface area (Å²) in [4.78, 5) is 31.7. The van der Waals surface area contributed by atoms with Crippen LogP contribution < -0.4 is 0 Å². The SMILES string of the molecule is CN(Cc1ccccc1)C(=O)C1CC1C(=O)N1CCN(Cc2ccccc2)CC1. The predicted octanol–water partition coefficient (Wildman–Crippen LogP) is 2.63. The molecule has 1 saturated heterocycles. The van der Waals surface area contributed by atoms with E-state index >= 15 is 0 Å². The van der Waals surface area contributed by atoms with Crippen LogP contribution in [0.4, 0.5) is 0 Å². The third-order valence-electron chi connectivity index (χ3n) is 6.00. The van der Waals surface area contributed by atoms with Gasteiger partial charge in [0.05, 0.1) is 11.8 Å². The maximum atomic E-state index is 12.9. The van der Waals surface area contributed by atoms with Crippen molar-refractivity contribution in [2.45, 2.75) is 19.5 Å². The molecular weight excluding hydrogens is 362 g/mol. The molecule has 1 saturated carbocycles. The first-order chi connectivity index (χ1) is 14.1. The fraction of sp³-hybridized carbons (Fsp3) is 0.417.